The number of halogens is 3. The second-order valence-electron chi connectivity index (χ2n) is 4.20. The van der Waals surface area contributed by atoms with Crippen molar-refractivity contribution in [1.29, 1.82) is 0 Å². The summed E-state index contributed by atoms with van der Waals surface area (Å²) in [7, 11) is 0. The molecule has 106 valence electrons. The van der Waals surface area contributed by atoms with Gasteiger partial charge in [-0.25, -0.2) is 4.39 Å². The lowest BCUT2D eigenvalue weighted by Gasteiger charge is -2.15. The van der Waals surface area contributed by atoms with Gasteiger partial charge in [-0.3, -0.25) is 0 Å². The van der Waals surface area contributed by atoms with E-state index in [4.69, 9.17) is 27.9 Å². The van der Waals surface area contributed by atoms with E-state index in [-0.39, 0.29) is 18.5 Å². The highest BCUT2D eigenvalue weighted by atomic mass is 35.5. The second-order valence-corrected chi connectivity index (χ2v) is 4.91. The average Bonchev–Trinajstić information content (AvgIpc) is 2.42. The van der Waals surface area contributed by atoms with Crippen LogP contribution in [0.25, 0.3) is 0 Å². The van der Waals surface area contributed by atoms with E-state index in [9.17, 15) is 4.39 Å². The Balaban J connectivity index is 2.68. The van der Waals surface area contributed by atoms with Gasteiger partial charge in [0.2, 0.25) is 0 Å². The standard InChI is InChI=1S/C14H18Cl2FNO/c1-3-6-18-10(2)13-5-4-12(7-14(13)17)19-9-11(16)8-15/h4-5,7-8,10,18H,3,6,9H2,1-2H3/b11-8-. The van der Waals surface area contributed by atoms with Crippen LogP contribution < -0.4 is 10.1 Å². The molecule has 1 rings (SSSR count). The van der Waals surface area contributed by atoms with Crippen LogP contribution in [-0.2, 0) is 0 Å². The molecule has 1 aromatic rings. The summed E-state index contributed by atoms with van der Waals surface area (Å²) in [6.07, 6.45) is 1.01. The fraction of sp³-hybridized carbons (Fsp3) is 0.429. The fourth-order valence-corrected chi connectivity index (χ4v) is 1.72. The molecule has 0 aliphatic heterocycles. The van der Waals surface area contributed by atoms with Crippen LogP contribution in [0, 0.1) is 5.82 Å². The van der Waals surface area contributed by atoms with Gasteiger partial charge in [-0.1, -0.05) is 36.2 Å². The smallest absolute Gasteiger partial charge is 0.131 e. The Morgan fingerprint density at radius 2 is 2.26 bits per heavy atom. The van der Waals surface area contributed by atoms with Gasteiger partial charge in [-0.2, -0.15) is 0 Å². The highest BCUT2D eigenvalue weighted by Crippen LogP contribution is 2.22. The summed E-state index contributed by atoms with van der Waals surface area (Å²) in [5.74, 6) is 0.139. The van der Waals surface area contributed by atoms with Gasteiger partial charge < -0.3 is 10.1 Å². The van der Waals surface area contributed by atoms with Gasteiger partial charge in [0.05, 0.1) is 5.03 Å². The highest BCUT2D eigenvalue weighted by molar-refractivity contribution is 6.36. The van der Waals surface area contributed by atoms with Gasteiger partial charge in [0.25, 0.3) is 0 Å². The summed E-state index contributed by atoms with van der Waals surface area (Å²) in [5, 5.41) is 3.60. The van der Waals surface area contributed by atoms with Crippen molar-refractivity contribution in [3.63, 3.8) is 0 Å². The fourth-order valence-electron chi connectivity index (χ4n) is 1.60. The van der Waals surface area contributed by atoms with E-state index >= 15 is 0 Å². The first-order valence-electron chi connectivity index (χ1n) is 6.18. The normalized spacial score (nSPS) is 13.4. The van der Waals surface area contributed by atoms with Crippen molar-refractivity contribution >= 4 is 23.2 Å². The van der Waals surface area contributed by atoms with E-state index in [2.05, 4.69) is 12.2 Å². The number of hydrogen-bond acceptors (Lipinski definition) is 2. The molecule has 0 saturated carbocycles. The van der Waals surface area contributed by atoms with Crippen LogP contribution >= 0.6 is 23.2 Å². The third kappa shape index (κ3) is 5.39. The van der Waals surface area contributed by atoms with Gasteiger partial charge >= 0.3 is 0 Å². The molecule has 0 amide bonds. The molecule has 1 N–H and O–H groups in total. The van der Waals surface area contributed by atoms with E-state index in [1.54, 1.807) is 12.1 Å². The monoisotopic (exact) mass is 305 g/mol. The molecule has 2 nitrogen and oxygen atoms in total. The van der Waals surface area contributed by atoms with Crippen molar-refractivity contribution in [2.24, 2.45) is 0 Å². The molecule has 1 unspecified atom stereocenters. The molecule has 0 aliphatic carbocycles. The predicted molar refractivity (Wildman–Crippen MR) is 78.4 cm³/mol. The molecule has 1 atom stereocenters. The Kier molecular flexibility index (Phi) is 7.21. The lowest BCUT2D eigenvalue weighted by Crippen LogP contribution is -2.20. The Morgan fingerprint density at radius 3 is 2.84 bits per heavy atom. The Hall–Kier alpha value is -0.770. The zero-order valence-corrected chi connectivity index (χ0v) is 12.6. The molecule has 0 aromatic heterocycles. The Labute approximate surface area is 123 Å². The third-order valence-electron chi connectivity index (χ3n) is 2.63. The summed E-state index contributed by atoms with van der Waals surface area (Å²) in [6.45, 7) is 4.99. The zero-order valence-electron chi connectivity index (χ0n) is 11.1. The first-order valence-corrected chi connectivity index (χ1v) is 7.00. The first-order chi connectivity index (χ1) is 9.08. The molecule has 0 fully saturated rings. The van der Waals surface area contributed by atoms with Crippen LogP contribution in [0.5, 0.6) is 5.75 Å². The number of hydrogen-bond donors (Lipinski definition) is 1. The molecule has 0 saturated heterocycles. The highest BCUT2D eigenvalue weighted by Gasteiger charge is 2.11. The maximum atomic E-state index is 13.9. The topological polar surface area (TPSA) is 21.3 Å². The van der Waals surface area contributed by atoms with Crippen molar-refractivity contribution in [1.82, 2.24) is 5.32 Å². The quantitative estimate of drug-likeness (QED) is 0.796. The summed E-state index contributed by atoms with van der Waals surface area (Å²) in [5.41, 5.74) is 1.85. The van der Waals surface area contributed by atoms with Crippen LogP contribution in [-0.4, -0.2) is 13.2 Å². The van der Waals surface area contributed by atoms with E-state index in [1.165, 1.54) is 11.6 Å². The molecule has 0 spiro atoms. The SMILES string of the molecule is CCCNC(C)c1ccc(OC/C(Cl)=C/Cl)cc1F. The summed E-state index contributed by atoms with van der Waals surface area (Å²) < 4.78 is 19.3. The van der Waals surface area contributed by atoms with Gasteiger partial charge in [-0.15, -0.1) is 0 Å². The van der Waals surface area contributed by atoms with Crippen molar-refractivity contribution in [3.8, 4) is 5.75 Å². The number of rotatable bonds is 7. The number of benzene rings is 1. The van der Waals surface area contributed by atoms with Crippen LogP contribution in [0.1, 0.15) is 31.9 Å². The molecule has 0 heterocycles. The van der Waals surface area contributed by atoms with Gasteiger partial charge in [0.15, 0.2) is 0 Å². The largest absolute Gasteiger partial charge is 0.488 e. The van der Waals surface area contributed by atoms with Crippen LogP contribution in [0.2, 0.25) is 0 Å². The zero-order chi connectivity index (χ0) is 14.3. The van der Waals surface area contributed by atoms with Gasteiger partial charge in [-0.05, 0) is 26.0 Å². The molecule has 0 bridgehead atoms. The van der Waals surface area contributed by atoms with Crippen molar-refractivity contribution in [2.75, 3.05) is 13.2 Å². The van der Waals surface area contributed by atoms with Gasteiger partial charge in [0, 0.05) is 23.2 Å². The van der Waals surface area contributed by atoms with E-state index < -0.39 is 0 Å². The summed E-state index contributed by atoms with van der Waals surface area (Å²) in [4.78, 5) is 0. The molecule has 1 aromatic carbocycles. The lowest BCUT2D eigenvalue weighted by atomic mass is 10.1. The van der Waals surface area contributed by atoms with Crippen LogP contribution in [0.3, 0.4) is 0 Å². The van der Waals surface area contributed by atoms with Gasteiger partial charge in [0.1, 0.15) is 18.2 Å². The van der Waals surface area contributed by atoms with E-state index in [1.807, 2.05) is 6.92 Å². The van der Waals surface area contributed by atoms with Crippen molar-refractivity contribution in [2.45, 2.75) is 26.3 Å². The Morgan fingerprint density at radius 1 is 1.53 bits per heavy atom. The lowest BCUT2D eigenvalue weighted by molar-refractivity contribution is 0.356. The minimum Gasteiger partial charge on any atom is -0.488 e. The minimum absolute atomic E-state index is 0.0275. The molecule has 19 heavy (non-hydrogen) atoms. The van der Waals surface area contributed by atoms with Crippen LogP contribution in [0.15, 0.2) is 28.8 Å². The molecular weight excluding hydrogens is 288 g/mol. The molecule has 0 radical (unpaired) electrons. The molecule has 5 heteroatoms. The predicted octanol–water partition coefficient (Wildman–Crippen LogP) is 4.58. The van der Waals surface area contributed by atoms with Crippen molar-refractivity contribution < 1.29 is 9.13 Å². The van der Waals surface area contributed by atoms with E-state index in [0.29, 0.717) is 16.3 Å². The maximum Gasteiger partial charge on any atom is 0.131 e. The average molecular weight is 306 g/mol. The molecular formula is C14H18Cl2FNO. The summed E-state index contributed by atoms with van der Waals surface area (Å²) >= 11 is 11.1. The number of ether oxygens (including phenoxy) is 1. The minimum atomic E-state index is -0.292. The van der Waals surface area contributed by atoms with Crippen molar-refractivity contribution in [3.05, 3.63) is 40.1 Å². The summed E-state index contributed by atoms with van der Waals surface area (Å²) in [6, 6.07) is 4.77. The third-order valence-corrected chi connectivity index (χ3v) is 3.23. The first kappa shape index (κ1) is 16.3. The van der Waals surface area contributed by atoms with Crippen LogP contribution in [0.4, 0.5) is 4.39 Å². The van der Waals surface area contributed by atoms with E-state index in [0.717, 1.165) is 13.0 Å². The second kappa shape index (κ2) is 8.41. The number of nitrogens with one attached hydrogen (secondary N) is 1. The maximum absolute atomic E-state index is 13.9. The Bertz CT molecular complexity index is 437. The molecule has 0 aliphatic rings.